The Morgan fingerprint density at radius 3 is 2.82 bits per heavy atom. The van der Waals surface area contributed by atoms with E-state index < -0.39 is 0 Å². The number of halogens is 3. The number of carbonyl (C=O) groups is 1. The molecule has 17 heavy (non-hydrogen) atoms. The first kappa shape index (κ1) is 13.0. The zero-order valence-corrected chi connectivity index (χ0v) is 12.5. The molecule has 1 aliphatic rings. The Labute approximate surface area is 116 Å². The van der Waals surface area contributed by atoms with E-state index in [1.807, 2.05) is 6.92 Å². The molecule has 1 aromatic carbocycles. The average Bonchev–Trinajstić information content (AvgIpc) is 2.65. The Morgan fingerprint density at radius 1 is 1.53 bits per heavy atom. The van der Waals surface area contributed by atoms with Crippen LogP contribution in [0.1, 0.15) is 12.0 Å². The highest BCUT2D eigenvalue weighted by atomic mass is 79.9. The number of rotatable bonds is 2. The van der Waals surface area contributed by atoms with E-state index in [0.717, 1.165) is 16.6 Å². The maximum absolute atomic E-state index is 13.3. The Balaban J connectivity index is 2.35. The van der Waals surface area contributed by atoms with Crippen LogP contribution in [0, 0.1) is 18.7 Å². The first-order valence-electron chi connectivity index (χ1n) is 5.35. The number of alkyl halides is 1. The Bertz CT molecular complexity index is 464. The smallest absolute Gasteiger partial charge is 0.227 e. The quantitative estimate of drug-likeness (QED) is 0.733. The van der Waals surface area contributed by atoms with Crippen LogP contribution in [0.25, 0.3) is 0 Å². The van der Waals surface area contributed by atoms with E-state index >= 15 is 0 Å². The van der Waals surface area contributed by atoms with Crippen molar-refractivity contribution >= 4 is 43.5 Å². The van der Waals surface area contributed by atoms with Crippen LogP contribution >= 0.6 is 31.9 Å². The lowest BCUT2D eigenvalue weighted by Crippen LogP contribution is -2.25. The first-order chi connectivity index (χ1) is 8.02. The van der Waals surface area contributed by atoms with Crippen molar-refractivity contribution in [2.75, 3.05) is 16.8 Å². The molecule has 92 valence electrons. The van der Waals surface area contributed by atoms with Gasteiger partial charge in [0.25, 0.3) is 0 Å². The van der Waals surface area contributed by atoms with Crippen molar-refractivity contribution in [1.29, 1.82) is 0 Å². The fourth-order valence-corrected chi connectivity index (χ4v) is 2.81. The largest absolute Gasteiger partial charge is 0.312 e. The van der Waals surface area contributed by atoms with Crippen LogP contribution < -0.4 is 4.90 Å². The van der Waals surface area contributed by atoms with Crippen LogP contribution in [0.4, 0.5) is 10.1 Å². The summed E-state index contributed by atoms with van der Waals surface area (Å²) in [6.45, 7) is 2.52. The number of anilines is 1. The molecule has 0 spiro atoms. The molecule has 1 heterocycles. The standard InChI is InChI=1S/C12H12Br2FNO/c1-7-2-10(15)9(14)4-11(7)16-6-8(5-13)3-12(16)17/h2,4,8H,3,5-6H2,1H3. The lowest BCUT2D eigenvalue weighted by atomic mass is 10.1. The van der Waals surface area contributed by atoms with Crippen LogP contribution in [0.3, 0.4) is 0 Å². The zero-order valence-electron chi connectivity index (χ0n) is 9.34. The number of nitrogens with zero attached hydrogens (tertiary/aromatic N) is 1. The molecule has 5 heteroatoms. The lowest BCUT2D eigenvalue weighted by molar-refractivity contribution is -0.117. The van der Waals surface area contributed by atoms with Gasteiger partial charge in [0.2, 0.25) is 5.91 Å². The van der Waals surface area contributed by atoms with Crippen LogP contribution in [0.2, 0.25) is 0 Å². The van der Waals surface area contributed by atoms with E-state index in [0.29, 0.717) is 23.4 Å². The van der Waals surface area contributed by atoms with Crippen LogP contribution in [0.5, 0.6) is 0 Å². The molecule has 1 fully saturated rings. The second kappa shape index (κ2) is 5.06. The number of aryl methyl sites for hydroxylation is 1. The third-order valence-electron chi connectivity index (χ3n) is 2.95. The van der Waals surface area contributed by atoms with Gasteiger partial charge in [0.05, 0.1) is 4.47 Å². The molecule has 1 unspecified atom stereocenters. The summed E-state index contributed by atoms with van der Waals surface area (Å²) < 4.78 is 13.7. The number of amides is 1. The summed E-state index contributed by atoms with van der Waals surface area (Å²) in [5.74, 6) is 0.150. The maximum Gasteiger partial charge on any atom is 0.227 e. The van der Waals surface area contributed by atoms with Gasteiger partial charge in [0.1, 0.15) is 5.82 Å². The van der Waals surface area contributed by atoms with Gasteiger partial charge in [-0.25, -0.2) is 4.39 Å². The van der Waals surface area contributed by atoms with Crippen LogP contribution in [-0.2, 0) is 4.79 Å². The second-order valence-electron chi connectivity index (χ2n) is 4.28. The molecule has 1 amide bonds. The molecule has 0 aromatic heterocycles. The van der Waals surface area contributed by atoms with Crippen molar-refractivity contribution in [1.82, 2.24) is 0 Å². The highest BCUT2D eigenvalue weighted by Gasteiger charge is 2.30. The number of carbonyl (C=O) groups excluding carboxylic acids is 1. The summed E-state index contributed by atoms with van der Waals surface area (Å²) in [5.41, 5.74) is 1.58. The Kier molecular flexibility index (Phi) is 3.88. The van der Waals surface area contributed by atoms with Gasteiger partial charge >= 0.3 is 0 Å². The molecule has 0 aliphatic carbocycles. The first-order valence-corrected chi connectivity index (χ1v) is 7.26. The third-order valence-corrected chi connectivity index (χ3v) is 4.48. The topological polar surface area (TPSA) is 20.3 Å². The second-order valence-corrected chi connectivity index (χ2v) is 5.78. The van der Waals surface area contributed by atoms with Crippen molar-refractivity contribution in [3.05, 3.63) is 28.0 Å². The van der Waals surface area contributed by atoms with E-state index in [-0.39, 0.29) is 11.7 Å². The lowest BCUT2D eigenvalue weighted by Gasteiger charge is -2.19. The molecule has 1 saturated heterocycles. The third kappa shape index (κ3) is 2.55. The summed E-state index contributed by atoms with van der Waals surface area (Å²) in [4.78, 5) is 13.6. The summed E-state index contributed by atoms with van der Waals surface area (Å²) >= 11 is 6.56. The molecule has 2 nitrogen and oxygen atoms in total. The summed E-state index contributed by atoms with van der Waals surface area (Å²) in [6.07, 6.45) is 0.555. The SMILES string of the molecule is Cc1cc(F)c(Br)cc1N1CC(CBr)CC1=O. The minimum absolute atomic E-state index is 0.107. The molecule has 0 radical (unpaired) electrons. The average molecular weight is 365 g/mol. The zero-order chi connectivity index (χ0) is 12.6. The number of hydrogen-bond acceptors (Lipinski definition) is 1. The number of benzene rings is 1. The highest BCUT2D eigenvalue weighted by Crippen LogP contribution is 2.32. The minimum atomic E-state index is -0.296. The molecule has 0 bridgehead atoms. The van der Waals surface area contributed by atoms with E-state index in [4.69, 9.17) is 0 Å². The van der Waals surface area contributed by atoms with Crippen LogP contribution in [-0.4, -0.2) is 17.8 Å². The van der Waals surface area contributed by atoms with E-state index in [9.17, 15) is 9.18 Å². The summed E-state index contributed by atoms with van der Waals surface area (Å²) in [5, 5.41) is 0.816. The van der Waals surface area contributed by atoms with Gasteiger partial charge in [0, 0.05) is 24.0 Å². The predicted molar refractivity (Wildman–Crippen MR) is 73.1 cm³/mol. The minimum Gasteiger partial charge on any atom is -0.312 e. The van der Waals surface area contributed by atoms with E-state index in [1.54, 1.807) is 11.0 Å². The summed E-state index contributed by atoms with van der Waals surface area (Å²) in [7, 11) is 0. The summed E-state index contributed by atoms with van der Waals surface area (Å²) in [6, 6.07) is 3.13. The van der Waals surface area contributed by atoms with Gasteiger partial charge in [0.15, 0.2) is 0 Å². The maximum atomic E-state index is 13.3. The molecule has 0 saturated carbocycles. The Morgan fingerprint density at radius 2 is 2.24 bits per heavy atom. The predicted octanol–water partition coefficient (Wildman–Crippen LogP) is 3.64. The van der Waals surface area contributed by atoms with Crippen molar-refractivity contribution < 1.29 is 9.18 Å². The van der Waals surface area contributed by atoms with Crippen molar-refractivity contribution in [3.8, 4) is 0 Å². The van der Waals surface area contributed by atoms with E-state index in [1.165, 1.54) is 6.07 Å². The van der Waals surface area contributed by atoms with E-state index in [2.05, 4.69) is 31.9 Å². The molecule has 1 atom stereocenters. The van der Waals surface area contributed by atoms with Gasteiger partial charge in [-0.2, -0.15) is 0 Å². The molecule has 1 aromatic rings. The normalized spacial score (nSPS) is 20.1. The molecular weight excluding hydrogens is 353 g/mol. The van der Waals surface area contributed by atoms with Crippen molar-refractivity contribution in [2.45, 2.75) is 13.3 Å². The van der Waals surface area contributed by atoms with Crippen LogP contribution in [0.15, 0.2) is 16.6 Å². The van der Waals surface area contributed by atoms with Crippen molar-refractivity contribution in [2.24, 2.45) is 5.92 Å². The Hall–Kier alpha value is -0.420. The monoisotopic (exact) mass is 363 g/mol. The fourth-order valence-electron chi connectivity index (χ4n) is 2.04. The highest BCUT2D eigenvalue weighted by molar-refractivity contribution is 9.10. The van der Waals surface area contributed by atoms with Gasteiger partial charge in [-0.1, -0.05) is 15.9 Å². The van der Waals surface area contributed by atoms with Crippen molar-refractivity contribution in [3.63, 3.8) is 0 Å². The van der Waals surface area contributed by atoms with Gasteiger partial charge < -0.3 is 4.90 Å². The molecule has 2 rings (SSSR count). The fraction of sp³-hybridized carbons (Fsp3) is 0.417. The molecule has 0 N–H and O–H groups in total. The molecule has 1 aliphatic heterocycles. The van der Waals surface area contributed by atoms with Gasteiger partial charge in [-0.05, 0) is 46.5 Å². The number of hydrogen-bond donors (Lipinski definition) is 0. The van der Waals surface area contributed by atoms with Gasteiger partial charge in [-0.15, -0.1) is 0 Å². The van der Waals surface area contributed by atoms with Gasteiger partial charge in [-0.3, -0.25) is 4.79 Å². The molecular formula is C12H12Br2FNO.